The molecule has 3 aromatic rings. The summed E-state index contributed by atoms with van der Waals surface area (Å²) in [5.41, 5.74) is 4.13. The lowest BCUT2D eigenvalue weighted by Gasteiger charge is -2.36. The quantitative estimate of drug-likeness (QED) is 0.305. The molecule has 34 heavy (non-hydrogen) atoms. The predicted molar refractivity (Wildman–Crippen MR) is 141 cm³/mol. The van der Waals surface area contributed by atoms with E-state index < -0.39 is 8.32 Å². The fourth-order valence-electron chi connectivity index (χ4n) is 3.33. The molecule has 0 aliphatic rings. The highest BCUT2D eigenvalue weighted by atomic mass is 28.4. The van der Waals surface area contributed by atoms with Gasteiger partial charge in [0.25, 0.3) is 0 Å². The second kappa shape index (κ2) is 11.7. The third-order valence-corrected chi connectivity index (χ3v) is 10.9. The van der Waals surface area contributed by atoms with Crippen LogP contribution in [0.3, 0.4) is 0 Å². The molecular formula is C29H38O4Si. The second-order valence-corrected chi connectivity index (χ2v) is 15.0. The third kappa shape index (κ3) is 7.20. The van der Waals surface area contributed by atoms with E-state index in [1.54, 1.807) is 0 Å². The molecule has 0 fully saturated rings. The van der Waals surface area contributed by atoms with Crippen molar-refractivity contribution in [3.63, 3.8) is 0 Å². The molecule has 0 aliphatic heterocycles. The third-order valence-electron chi connectivity index (χ3n) is 6.44. The number of hydrogen-bond acceptors (Lipinski definition) is 4. The van der Waals surface area contributed by atoms with Crippen LogP contribution >= 0.6 is 0 Å². The monoisotopic (exact) mass is 478 g/mol. The Kier molecular flexibility index (Phi) is 8.95. The molecule has 0 amide bonds. The lowest BCUT2D eigenvalue weighted by atomic mass is 10.1. The van der Waals surface area contributed by atoms with E-state index in [1.807, 2.05) is 66.7 Å². The first-order valence-electron chi connectivity index (χ1n) is 11.9. The number of benzene rings is 3. The summed E-state index contributed by atoms with van der Waals surface area (Å²) in [7, 11) is -1.91. The smallest absolute Gasteiger partial charge is 0.192 e. The van der Waals surface area contributed by atoms with Crippen molar-refractivity contribution in [1.82, 2.24) is 0 Å². The van der Waals surface area contributed by atoms with Crippen molar-refractivity contribution in [2.75, 3.05) is 6.61 Å². The summed E-state index contributed by atoms with van der Waals surface area (Å²) in [6.07, 6.45) is 0.486. The topological polar surface area (TPSA) is 47.9 Å². The van der Waals surface area contributed by atoms with Gasteiger partial charge >= 0.3 is 0 Å². The minimum absolute atomic E-state index is 0.0341. The van der Waals surface area contributed by atoms with Crippen molar-refractivity contribution in [1.29, 1.82) is 0 Å². The van der Waals surface area contributed by atoms with E-state index in [2.05, 4.69) is 39.9 Å². The van der Waals surface area contributed by atoms with Crippen LogP contribution in [0.4, 0.5) is 0 Å². The summed E-state index contributed by atoms with van der Waals surface area (Å²) in [5.74, 6) is 1.37. The summed E-state index contributed by atoms with van der Waals surface area (Å²) >= 11 is 0. The van der Waals surface area contributed by atoms with E-state index in [9.17, 15) is 5.11 Å². The fraction of sp³-hybridized carbons (Fsp3) is 0.379. The molecule has 1 N–H and O–H groups in total. The molecule has 3 rings (SSSR count). The van der Waals surface area contributed by atoms with Crippen LogP contribution in [-0.4, -0.2) is 20.0 Å². The zero-order chi connectivity index (χ0) is 24.6. The number of rotatable bonds is 11. The van der Waals surface area contributed by atoms with Crippen LogP contribution < -0.4 is 9.47 Å². The van der Waals surface area contributed by atoms with E-state index >= 15 is 0 Å². The molecule has 0 unspecified atom stereocenters. The van der Waals surface area contributed by atoms with E-state index in [4.69, 9.17) is 13.9 Å². The lowest BCUT2D eigenvalue weighted by Crippen LogP contribution is -2.40. The SMILES string of the molecule is CC(C)(C)[Si](C)(C)OCc1cc(CCO)c(OCc2ccccc2)c(OCc2ccccc2)c1. The maximum Gasteiger partial charge on any atom is 0.192 e. The molecule has 182 valence electrons. The average Bonchev–Trinajstić information content (AvgIpc) is 2.81. The molecule has 0 saturated carbocycles. The van der Waals surface area contributed by atoms with Gasteiger partial charge in [-0.15, -0.1) is 0 Å². The van der Waals surface area contributed by atoms with Gasteiger partial charge in [0, 0.05) is 12.2 Å². The highest BCUT2D eigenvalue weighted by Gasteiger charge is 2.37. The van der Waals surface area contributed by atoms with Gasteiger partial charge in [-0.05, 0) is 53.4 Å². The van der Waals surface area contributed by atoms with Crippen molar-refractivity contribution >= 4 is 8.32 Å². The van der Waals surface area contributed by atoms with E-state index in [0.717, 1.165) is 22.3 Å². The van der Waals surface area contributed by atoms with Gasteiger partial charge in [-0.25, -0.2) is 0 Å². The van der Waals surface area contributed by atoms with Crippen molar-refractivity contribution in [2.45, 2.75) is 65.1 Å². The molecule has 0 aromatic heterocycles. The zero-order valence-electron chi connectivity index (χ0n) is 21.1. The molecule has 0 aliphatic carbocycles. The van der Waals surface area contributed by atoms with Gasteiger partial charge in [0.15, 0.2) is 19.8 Å². The summed E-state index contributed by atoms with van der Waals surface area (Å²) in [5, 5.41) is 9.90. The Hall–Kier alpha value is -2.60. The van der Waals surface area contributed by atoms with Crippen molar-refractivity contribution < 1.29 is 19.0 Å². The number of aliphatic hydroxyl groups is 1. The zero-order valence-corrected chi connectivity index (χ0v) is 22.1. The minimum Gasteiger partial charge on any atom is -0.485 e. The number of hydrogen-bond donors (Lipinski definition) is 1. The summed E-state index contributed by atoms with van der Waals surface area (Å²) in [6, 6.07) is 24.3. The molecule has 5 heteroatoms. The van der Waals surface area contributed by atoms with Gasteiger partial charge in [0.05, 0.1) is 6.61 Å². The summed E-state index contributed by atoms with van der Waals surface area (Å²) < 4.78 is 19.0. The van der Waals surface area contributed by atoms with E-state index in [0.29, 0.717) is 37.7 Å². The van der Waals surface area contributed by atoms with Gasteiger partial charge < -0.3 is 19.0 Å². The Morgan fingerprint density at radius 3 is 1.82 bits per heavy atom. The van der Waals surface area contributed by atoms with Gasteiger partial charge in [-0.1, -0.05) is 81.4 Å². The first kappa shape index (κ1) is 26.0. The number of ether oxygens (including phenoxy) is 2. The van der Waals surface area contributed by atoms with Gasteiger partial charge in [0.2, 0.25) is 0 Å². The normalized spacial score (nSPS) is 11.9. The Labute approximate surface area is 205 Å². The van der Waals surface area contributed by atoms with Crippen molar-refractivity contribution in [3.05, 3.63) is 95.1 Å². The standard InChI is InChI=1S/C29H38O4Si/c1-29(2,3)34(4,5)33-22-25-18-26(16-17-30)28(32-21-24-14-10-7-11-15-24)27(19-25)31-20-23-12-8-6-9-13-23/h6-15,18-19,30H,16-17,20-22H2,1-5H3. The molecule has 0 bridgehead atoms. The van der Waals surface area contributed by atoms with Crippen LogP contribution in [0.1, 0.15) is 43.0 Å². The van der Waals surface area contributed by atoms with Gasteiger partial charge in [0.1, 0.15) is 13.2 Å². The first-order valence-corrected chi connectivity index (χ1v) is 14.8. The Bertz CT molecular complexity index is 1030. The van der Waals surface area contributed by atoms with Crippen LogP contribution in [0, 0.1) is 0 Å². The molecular weight excluding hydrogens is 440 g/mol. The number of aliphatic hydroxyl groups excluding tert-OH is 1. The highest BCUT2D eigenvalue weighted by Crippen LogP contribution is 2.39. The molecule has 3 aromatic carbocycles. The van der Waals surface area contributed by atoms with Gasteiger partial charge in [-0.3, -0.25) is 0 Å². The van der Waals surface area contributed by atoms with E-state index in [-0.39, 0.29) is 11.6 Å². The fourth-order valence-corrected chi connectivity index (χ4v) is 4.29. The second-order valence-electron chi connectivity index (χ2n) is 10.2. The van der Waals surface area contributed by atoms with E-state index in [1.165, 1.54) is 0 Å². The van der Waals surface area contributed by atoms with Crippen LogP contribution in [-0.2, 0) is 30.7 Å². The highest BCUT2D eigenvalue weighted by molar-refractivity contribution is 6.74. The molecule has 0 heterocycles. The van der Waals surface area contributed by atoms with Crippen molar-refractivity contribution in [3.8, 4) is 11.5 Å². The molecule has 0 spiro atoms. The maximum atomic E-state index is 9.76. The van der Waals surface area contributed by atoms with Crippen LogP contribution in [0.5, 0.6) is 11.5 Å². The summed E-state index contributed by atoms with van der Waals surface area (Å²) in [6.45, 7) is 12.6. The lowest BCUT2D eigenvalue weighted by molar-refractivity contribution is 0.246. The Morgan fingerprint density at radius 1 is 0.735 bits per heavy atom. The Balaban J connectivity index is 1.90. The molecule has 0 atom stereocenters. The molecule has 4 nitrogen and oxygen atoms in total. The summed E-state index contributed by atoms with van der Waals surface area (Å²) in [4.78, 5) is 0. The first-order chi connectivity index (χ1) is 16.2. The predicted octanol–water partition coefficient (Wildman–Crippen LogP) is 6.90. The van der Waals surface area contributed by atoms with Crippen LogP contribution in [0.2, 0.25) is 18.1 Å². The molecule has 0 saturated heterocycles. The average molecular weight is 479 g/mol. The molecule has 0 radical (unpaired) electrons. The van der Waals surface area contributed by atoms with Gasteiger partial charge in [-0.2, -0.15) is 0 Å². The maximum absolute atomic E-state index is 9.76. The van der Waals surface area contributed by atoms with Crippen LogP contribution in [0.25, 0.3) is 0 Å². The largest absolute Gasteiger partial charge is 0.485 e. The Morgan fingerprint density at radius 2 is 1.29 bits per heavy atom. The minimum atomic E-state index is -1.91. The van der Waals surface area contributed by atoms with Crippen molar-refractivity contribution in [2.24, 2.45) is 0 Å². The van der Waals surface area contributed by atoms with Crippen LogP contribution in [0.15, 0.2) is 72.8 Å².